The second-order valence-corrected chi connectivity index (χ2v) is 6.98. The van der Waals surface area contributed by atoms with Crippen LogP contribution in [0.4, 0.5) is 0 Å². The lowest BCUT2D eigenvalue weighted by Crippen LogP contribution is -2.41. The minimum atomic E-state index is 0.704. The molecule has 2 nitrogen and oxygen atoms in total. The zero-order valence-corrected chi connectivity index (χ0v) is 14.1. The first kappa shape index (κ1) is 15.9. The van der Waals surface area contributed by atoms with Gasteiger partial charge in [-0.05, 0) is 70.8 Å². The molecule has 112 valence electrons. The molecule has 1 aliphatic rings. The first-order valence-electron chi connectivity index (χ1n) is 7.62. The maximum Gasteiger partial charge on any atom is 0.0244 e. The molecule has 1 atom stereocenters. The van der Waals surface area contributed by atoms with E-state index >= 15 is 0 Å². The van der Waals surface area contributed by atoms with E-state index < -0.39 is 0 Å². The van der Waals surface area contributed by atoms with Gasteiger partial charge in [-0.3, -0.25) is 4.90 Å². The van der Waals surface area contributed by atoms with E-state index in [9.17, 15) is 0 Å². The van der Waals surface area contributed by atoms with Crippen molar-refractivity contribution in [1.29, 1.82) is 0 Å². The van der Waals surface area contributed by atoms with Gasteiger partial charge in [-0.2, -0.15) is 0 Å². The quantitative estimate of drug-likeness (QED) is 0.766. The second-order valence-electron chi connectivity index (χ2n) is 6.13. The van der Waals surface area contributed by atoms with E-state index in [1.807, 2.05) is 11.8 Å². The molecule has 0 radical (unpaired) electrons. The first-order chi connectivity index (χ1) is 9.61. The van der Waals surface area contributed by atoms with Crippen LogP contribution in [-0.2, 0) is 6.54 Å². The van der Waals surface area contributed by atoms with Crippen molar-refractivity contribution in [2.45, 2.75) is 37.2 Å². The lowest BCUT2D eigenvalue weighted by molar-refractivity contribution is 0.120. The molecule has 1 heterocycles. The van der Waals surface area contributed by atoms with Gasteiger partial charge in [0, 0.05) is 17.5 Å². The highest BCUT2D eigenvalue weighted by Crippen LogP contribution is 2.26. The summed E-state index contributed by atoms with van der Waals surface area (Å²) in [6.07, 6.45) is 4.84. The Morgan fingerprint density at radius 3 is 2.50 bits per heavy atom. The fourth-order valence-corrected chi connectivity index (χ4v) is 3.70. The molecule has 1 aromatic rings. The summed E-state index contributed by atoms with van der Waals surface area (Å²) in [7, 11) is 4.40. The third-order valence-electron chi connectivity index (χ3n) is 4.72. The monoisotopic (exact) mass is 292 g/mol. The Bertz CT molecular complexity index is 411. The largest absolute Gasteiger partial charge is 0.306 e. The highest BCUT2D eigenvalue weighted by molar-refractivity contribution is 7.98. The van der Waals surface area contributed by atoms with Crippen molar-refractivity contribution < 1.29 is 0 Å². The van der Waals surface area contributed by atoms with Gasteiger partial charge in [-0.25, -0.2) is 0 Å². The molecule has 0 bridgehead atoms. The topological polar surface area (TPSA) is 6.48 Å². The predicted molar refractivity (Wildman–Crippen MR) is 89.4 cm³/mol. The number of hydrogen-bond donors (Lipinski definition) is 0. The lowest BCUT2D eigenvalue weighted by atomic mass is 9.89. The van der Waals surface area contributed by atoms with Crippen LogP contribution in [0, 0.1) is 5.92 Å². The SMILES string of the molecule is CSc1ccccc1CN1CCC([C@@H](C)N(C)C)CC1. The third kappa shape index (κ3) is 4.00. The van der Waals surface area contributed by atoms with Crippen LogP contribution < -0.4 is 0 Å². The highest BCUT2D eigenvalue weighted by Gasteiger charge is 2.25. The number of thioether (sulfide) groups is 1. The summed E-state index contributed by atoms with van der Waals surface area (Å²) >= 11 is 1.86. The van der Waals surface area contributed by atoms with E-state index in [4.69, 9.17) is 0 Å². The Hall–Kier alpha value is -0.510. The van der Waals surface area contributed by atoms with Gasteiger partial charge in [0.05, 0.1) is 0 Å². The van der Waals surface area contributed by atoms with Gasteiger partial charge < -0.3 is 4.90 Å². The molecule has 0 aliphatic carbocycles. The number of rotatable bonds is 5. The van der Waals surface area contributed by atoms with Crippen LogP contribution in [0.3, 0.4) is 0 Å². The molecule has 2 rings (SSSR count). The van der Waals surface area contributed by atoms with Crippen molar-refractivity contribution in [3.8, 4) is 0 Å². The van der Waals surface area contributed by atoms with E-state index in [-0.39, 0.29) is 0 Å². The fourth-order valence-electron chi connectivity index (χ4n) is 3.09. The minimum Gasteiger partial charge on any atom is -0.306 e. The van der Waals surface area contributed by atoms with E-state index in [0.29, 0.717) is 6.04 Å². The molecular formula is C17H28N2S. The second kappa shape index (κ2) is 7.48. The standard InChI is InChI=1S/C17H28N2S/c1-14(18(2)3)15-9-11-19(12-10-15)13-16-7-5-6-8-17(16)20-4/h5-8,14-15H,9-13H2,1-4H3/t14-/m1/s1. The van der Waals surface area contributed by atoms with E-state index in [2.05, 4.69) is 61.3 Å². The lowest BCUT2D eigenvalue weighted by Gasteiger charge is -2.37. The van der Waals surface area contributed by atoms with Gasteiger partial charge in [0.2, 0.25) is 0 Å². The normalized spacial score (nSPS) is 19.4. The van der Waals surface area contributed by atoms with E-state index in [1.165, 1.54) is 36.4 Å². The Kier molecular flexibility index (Phi) is 5.94. The van der Waals surface area contributed by atoms with Crippen molar-refractivity contribution >= 4 is 11.8 Å². The zero-order chi connectivity index (χ0) is 14.5. The molecule has 0 N–H and O–H groups in total. The molecule has 1 aromatic carbocycles. The third-order valence-corrected chi connectivity index (χ3v) is 5.55. The first-order valence-corrected chi connectivity index (χ1v) is 8.85. The molecule has 3 heteroatoms. The van der Waals surface area contributed by atoms with E-state index in [1.54, 1.807) is 0 Å². The number of likely N-dealkylation sites (tertiary alicyclic amines) is 1. The molecule has 1 fully saturated rings. The van der Waals surface area contributed by atoms with Crippen LogP contribution in [0.1, 0.15) is 25.3 Å². The van der Waals surface area contributed by atoms with Crippen LogP contribution >= 0.6 is 11.8 Å². The maximum absolute atomic E-state index is 2.62. The molecule has 20 heavy (non-hydrogen) atoms. The number of piperidine rings is 1. The van der Waals surface area contributed by atoms with Gasteiger partial charge in [-0.15, -0.1) is 11.8 Å². The summed E-state index contributed by atoms with van der Waals surface area (Å²) in [6.45, 7) is 5.96. The number of benzene rings is 1. The molecule has 1 saturated heterocycles. The Morgan fingerprint density at radius 2 is 1.90 bits per heavy atom. The smallest absolute Gasteiger partial charge is 0.0244 e. The van der Waals surface area contributed by atoms with Crippen LogP contribution in [0.25, 0.3) is 0 Å². The zero-order valence-electron chi connectivity index (χ0n) is 13.3. The van der Waals surface area contributed by atoms with Crippen molar-refractivity contribution in [2.75, 3.05) is 33.4 Å². The molecule has 0 aromatic heterocycles. The average molecular weight is 292 g/mol. The van der Waals surface area contributed by atoms with Gasteiger partial charge in [-0.1, -0.05) is 18.2 Å². The molecule has 0 saturated carbocycles. The molecule has 0 amide bonds. The van der Waals surface area contributed by atoms with E-state index in [0.717, 1.165) is 12.5 Å². The van der Waals surface area contributed by atoms with Gasteiger partial charge in [0.25, 0.3) is 0 Å². The van der Waals surface area contributed by atoms with Gasteiger partial charge in [0.1, 0.15) is 0 Å². The Morgan fingerprint density at radius 1 is 1.25 bits per heavy atom. The van der Waals surface area contributed by atoms with Gasteiger partial charge >= 0.3 is 0 Å². The maximum atomic E-state index is 2.62. The van der Waals surface area contributed by atoms with Crippen LogP contribution in [0.2, 0.25) is 0 Å². The van der Waals surface area contributed by atoms with Crippen molar-refractivity contribution in [3.63, 3.8) is 0 Å². The molecule has 1 aliphatic heterocycles. The Balaban J connectivity index is 1.88. The fraction of sp³-hybridized carbons (Fsp3) is 0.647. The van der Waals surface area contributed by atoms with Crippen LogP contribution in [-0.4, -0.2) is 49.3 Å². The summed E-state index contributed by atoms with van der Waals surface area (Å²) in [4.78, 5) is 6.41. The highest BCUT2D eigenvalue weighted by atomic mass is 32.2. The molecule has 0 spiro atoms. The molecular weight excluding hydrogens is 264 g/mol. The number of nitrogens with zero attached hydrogens (tertiary/aromatic N) is 2. The van der Waals surface area contributed by atoms with Crippen LogP contribution in [0.5, 0.6) is 0 Å². The average Bonchev–Trinajstić information content (AvgIpc) is 2.48. The summed E-state index contributed by atoms with van der Waals surface area (Å²) in [5.74, 6) is 0.858. The molecule has 0 unspecified atom stereocenters. The summed E-state index contributed by atoms with van der Waals surface area (Å²) in [5.41, 5.74) is 1.49. The van der Waals surface area contributed by atoms with Crippen molar-refractivity contribution in [3.05, 3.63) is 29.8 Å². The minimum absolute atomic E-state index is 0.704. The number of hydrogen-bond acceptors (Lipinski definition) is 3. The predicted octanol–water partition coefficient (Wildman–Crippen LogP) is 3.57. The summed E-state index contributed by atoms with van der Waals surface area (Å²) in [6, 6.07) is 9.52. The summed E-state index contributed by atoms with van der Waals surface area (Å²) < 4.78 is 0. The van der Waals surface area contributed by atoms with Crippen LogP contribution in [0.15, 0.2) is 29.2 Å². The van der Waals surface area contributed by atoms with Crippen molar-refractivity contribution in [2.24, 2.45) is 5.92 Å². The van der Waals surface area contributed by atoms with Crippen molar-refractivity contribution in [1.82, 2.24) is 9.80 Å². The Labute approximate surface area is 128 Å². The van der Waals surface area contributed by atoms with Gasteiger partial charge in [0.15, 0.2) is 0 Å². The summed E-state index contributed by atoms with van der Waals surface area (Å²) in [5, 5.41) is 0.